The van der Waals surface area contributed by atoms with Crippen LogP contribution in [0.25, 0.3) is 0 Å². The predicted molar refractivity (Wildman–Crippen MR) is 67.0 cm³/mol. The molecule has 3 N–H and O–H groups in total. The molecule has 1 amide bonds. The first-order valence-corrected chi connectivity index (χ1v) is 5.72. The second kappa shape index (κ2) is 6.20. The average molecular weight is 237 g/mol. The number of pyridine rings is 1. The van der Waals surface area contributed by atoms with Crippen LogP contribution in [0.1, 0.15) is 26.0 Å². The van der Waals surface area contributed by atoms with E-state index in [4.69, 9.17) is 0 Å². The molecule has 0 aliphatic carbocycles. The van der Waals surface area contributed by atoms with Gasteiger partial charge in [-0.3, -0.25) is 4.79 Å². The second-order valence-corrected chi connectivity index (χ2v) is 4.06. The summed E-state index contributed by atoms with van der Waals surface area (Å²) in [5.41, 5.74) is 0.744. The van der Waals surface area contributed by atoms with Crippen LogP contribution in [0.2, 0.25) is 0 Å². The zero-order chi connectivity index (χ0) is 12.8. The number of aromatic hydroxyl groups is 1. The van der Waals surface area contributed by atoms with Crippen molar-refractivity contribution in [2.45, 2.75) is 33.2 Å². The fourth-order valence-electron chi connectivity index (χ4n) is 1.23. The molecule has 0 saturated heterocycles. The van der Waals surface area contributed by atoms with Crippen LogP contribution >= 0.6 is 0 Å². The quantitative estimate of drug-likeness (QED) is 0.724. The smallest absolute Gasteiger partial charge is 0.239 e. The molecule has 17 heavy (non-hydrogen) atoms. The topological polar surface area (TPSA) is 74.2 Å². The number of carbonyl (C=O) groups excluding carboxylic acids is 1. The molecule has 0 spiro atoms. The number of aromatic nitrogens is 1. The van der Waals surface area contributed by atoms with E-state index in [1.54, 1.807) is 13.0 Å². The Hall–Kier alpha value is -1.62. The first-order chi connectivity index (χ1) is 8.02. The summed E-state index contributed by atoms with van der Waals surface area (Å²) < 4.78 is 0. The Morgan fingerprint density at radius 3 is 2.88 bits per heavy atom. The molecule has 1 atom stereocenters. The molecule has 1 rings (SSSR count). The van der Waals surface area contributed by atoms with Crippen molar-refractivity contribution >= 4 is 11.7 Å². The standard InChI is InChI=1S/C12H19N3O2/c1-4-8(2)13-7-11(17)15-12-10(16)6-5-9(3)14-12/h5-6,8,13,16H,4,7H2,1-3H3,(H,14,15,17). The fourth-order valence-corrected chi connectivity index (χ4v) is 1.23. The molecule has 0 radical (unpaired) electrons. The summed E-state index contributed by atoms with van der Waals surface area (Å²) in [5.74, 6) is -0.0212. The van der Waals surface area contributed by atoms with Crippen molar-refractivity contribution in [2.24, 2.45) is 0 Å². The van der Waals surface area contributed by atoms with Crippen LogP contribution in [-0.4, -0.2) is 28.6 Å². The van der Waals surface area contributed by atoms with E-state index in [-0.39, 0.29) is 24.0 Å². The summed E-state index contributed by atoms with van der Waals surface area (Å²) in [4.78, 5) is 15.6. The van der Waals surface area contributed by atoms with Gasteiger partial charge in [-0.2, -0.15) is 0 Å². The van der Waals surface area contributed by atoms with Gasteiger partial charge in [0.25, 0.3) is 0 Å². The minimum absolute atomic E-state index is 0.0208. The van der Waals surface area contributed by atoms with Gasteiger partial charge in [-0.1, -0.05) is 6.92 Å². The fraction of sp³-hybridized carbons (Fsp3) is 0.500. The van der Waals surface area contributed by atoms with Gasteiger partial charge >= 0.3 is 0 Å². The van der Waals surface area contributed by atoms with Gasteiger partial charge in [-0.05, 0) is 32.4 Å². The molecule has 5 heteroatoms. The van der Waals surface area contributed by atoms with E-state index in [1.807, 2.05) is 13.8 Å². The van der Waals surface area contributed by atoms with Crippen LogP contribution in [0.15, 0.2) is 12.1 Å². The maximum atomic E-state index is 11.6. The van der Waals surface area contributed by atoms with Crippen molar-refractivity contribution in [3.63, 3.8) is 0 Å². The van der Waals surface area contributed by atoms with Gasteiger partial charge in [0.15, 0.2) is 11.6 Å². The van der Waals surface area contributed by atoms with Crippen LogP contribution in [0.5, 0.6) is 5.75 Å². The van der Waals surface area contributed by atoms with Gasteiger partial charge in [0.05, 0.1) is 6.54 Å². The highest BCUT2D eigenvalue weighted by atomic mass is 16.3. The lowest BCUT2D eigenvalue weighted by Crippen LogP contribution is -2.34. The minimum Gasteiger partial charge on any atom is -0.504 e. The third-order valence-electron chi connectivity index (χ3n) is 2.49. The molecule has 1 aromatic rings. The summed E-state index contributed by atoms with van der Waals surface area (Å²) >= 11 is 0. The molecular weight excluding hydrogens is 218 g/mol. The van der Waals surface area contributed by atoms with E-state index in [1.165, 1.54) is 6.07 Å². The third kappa shape index (κ3) is 4.40. The van der Waals surface area contributed by atoms with Crippen LogP contribution in [0.4, 0.5) is 5.82 Å². The number of carbonyl (C=O) groups is 1. The summed E-state index contributed by atoms with van der Waals surface area (Å²) in [6, 6.07) is 3.49. The molecule has 1 unspecified atom stereocenters. The van der Waals surface area contributed by atoms with Crippen LogP contribution in [-0.2, 0) is 4.79 Å². The molecular formula is C12H19N3O2. The molecule has 0 aromatic carbocycles. The van der Waals surface area contributed by atoms with Crippen molar-refractivity contribution in [3.05, 3.63) is 17.8 Å². The van der Waals surface area contributed by atoms with Crippen LogP contribution in [0.3, 0.4) is 0 Å². The lowest BCUT2D eigenvalue weighted by molar-refractivity contribution is -0.115. The maximum absolute atomic E-state index is 11.6. The number of nitrogens with zero attached hydrogens (tertiary/aromatic N) is 1. The molecule has 0 aliphatic rings. The Bertz CT molecular complexity index is 393. The Morgan fingerprint density at radius 1 is 1.53 bits per heavy atom. The van der Waals surface area contributed by atoms with Gasteiger partial charge in [-0.25, -0.2) is 4.98 Å². The predicted octanol–water partition coefficient (Wildman–Crippen LogP) is 1.42. The Balaban J connectivity index is 2.53. The molecule has 0 fully saturated rings. The van der Waals surface area contributed by atoms with Crippen molar-refractivity contribution in [1.29, 1.82) is 0 Å². The van der Waals surface area contributed by atoms with Crippen molar-refractivity contribution in [1.82, 2.24) is 10.3 Å². The summed E-state index contributed by atoms with van der Waals surface area (Å²) in [6.07, 6.45) is 0.960. The number of aryl methyl sites for hydroxylation is 1. The van der Waals surface area contributed by atoms with E-state index in [0.29, 0.717) is 6.04 Å². The zero-order valence-corrected chi connectivity index (χ0v) is 10.4. The number of amides is 1. The van der Waals surface area contributed by atoms with E-state index in [2.05, 4.69) is 15.6 Å². The molecule has 0 bridgehead atoms. The highest BCUT2D eigenvalue weighted by Gasteiger charge is 2.08. The Labute approximate surface area is 101 Å². The molecule has 0 aliphatic heterocycles. The SMILES string of the molecule is CCC(C)NCC(=O)Nc1nc(C)ccc1O. The first-order valence-electron chi connectivity index (χ1n) is 5.72. The van der Waals surface area contributed by atoms with Gasteiger partial charge in [-0.15, -0.1) is 0 Å². The van der Waals surface area contributed by atoms with Gasteiger partial charge in [0, 0.05) is 11.7 Å². The summed E-state index contributed by atoms with van der Waals surface area (Å²) in [5, 5.41) is 15.1. The average Bonchev–Trinajstić information content (AvgIpc) is 2.30. The number of anilines is 1. The molecule has 1 aromatic heterocycles. The lowest BCUT2D eigenvalue weighted by atomic mass is 10.2. The number of hydrogen-bond acceptors (Lipinski definition) is 4. The Morgan fingerprint density at radius 2 is 2.24 bits per heavy atom. The lowest BCUT2D eigenvalue weighted by Gasteiger charge is -2.11. The van der Waals surface area contributed by atoms with Crippen molar-refractivity contribution < 1.29 is 9.90 Å². The largest absolute Gasteiger partial charge is 0.504 e. The number of nitrogens with one attached hydrogen (secondary N) is 2. The second-order valence-electron chi connectivity index (χ2n) is 4.06. The number of rotatable bonds is 5. The van der Waals surface area contributed by atoms with Crippen molar-refractivity contribution in [3.8, 4) is 5.75 Å². The normalized spacial score (nSPS) is 12.2. The maximum Gasteiger partial charge on any atom is 0.239 e. The van der Waals surface area contributed by atoms with Crippen molar-refractivity contribution in [2.75, 3.05) is 11.9 Å². The highest BCUT2D eigenvalue weighted by Crippen LogP contribution is 2.19. The molecule has 5 nitrogen and oxygen atoms in total. The van der Waals surface area contributed by atoms with Gasteiger partial charge in [0.1, 0.15) is 0 Å². The number of hydrogen-bond donors (Lipinski definition) is 3. The highest BCUT2D eigenvalue weighted by molar-refractivity contribution is 5.92. The molecule has 94 valence electrons. The molecule has 0 saturated carbocycles. The summed E-state index contributed by atoms with van der Waals surface area (Å²) in [6.45, 7) is 6.07. The monoisotopic (exact) mass is 237 g/mol. The van der Waals surface area contributed by atoms with Gasteiger partial charge in [0.2, 0.25) is 5.91 Å². The van der Waals surface area contributed by atoms with E-state index in [0.717, 1.165) is 12.1 Å². The summed E-state index contributed by atoms with van der Waals surface area (Å²) in [7, 11) is 0. The van der Waals surface area contributed by atoms with Crippen LogP contribution in [0, 0.1) is 6.92 Å². The van der Waals surface area contributed by atoms with E-state index in [9.17, 15) is 9.90 Å². The third-order valence-corrected chi connectivity index (χ3v) is 2.49. The first kappa shape index (κ1) is 13.4. The zero-order valence-electron chi connectivity index (χ0n) is 10.4. The van der Waals surface area contributed by atoms with Crippen LogP contribution < -0.4 is 10.6 Å². The Kier molecular flexibility index (Phi) is 4.90. The minimum atomic E-state index is -0.210. The molecule has 1 heterocycles. The van der Waals surface area contributed by atoms with E-state index >= 15 is 0 Å². The van der Waals surface area contributed by atoms with E-state index < -0.39 is 0 Å². The van der Waals surface area contributed by atoms with Gasteiger partial charge < -0.3 is 15.7 Å².